The molecule has 0 atom stereocenters. The van der Waals surface area contributed by atoms with Gasteiger partial charge in [-0.2, -0.15) is 0 Å². The van der Waals surface area contributed by atoms with Gasteiger partial charge in [0.05, 0.1) is 11.2 Å². The number of rotatable bonds is 9. The molecule has 0 aromatic heterocycles. The van der Waals surface area contributed by atoms with Gasteiger partial charge in [0, 0.05) is 24.7 Å². The van der Waals surface area contributed by atoms with Crippen molar-refractivity contribution in [3.63, 3.8) is 0 Å². The fourth-order valence-electron chi connectivity index (χ4n) is 1.85. The van der Waals surface area contributed by atoms with Gasteiger partial charge in [0.2, 0.25) is 20.0 Å². The third kappa shape index (κ3) is 7.17. The van der Waals surface area contributed by atoms with Crippen molar-refractivity contribution in [3.8, 4) is 0 Å². The molecule has 132 valence electrons. The van der Waals surface area contributed by atoms with Crippen LogP contribution in [-0.4, -0.2) is 47.0 Å². The lowest BCUT2D eigenvalue weighted by Gasteiger charge is -2.21. The molecule has 0 aliphatic heterocycles. The Morgan fingerprint density at radius 1 is 1.09 bits per heavy atom. The van der Waals surface area contributed by atoms with Gasteiger partial charge in [-0.1, -0.05) is 25.4 Å². The minimum Gasteiger partial charge on any atom is -0.213 e. The highest BCUT2D eigenvalue weighted by atomic mass is 35.5. The van der Waals surface area contributed by atoms with E-state index in [-0.39, 0.29) is 18.0 Å². The van der Waals surface area contributed by atoms with Gasteiger partial charge in [-0.3, -0.25) is 0 Å². The van der Waals surface area contributed by atoms with Crippen LogP contribution in [0.1, 0.15) is 20.3 Å². The third-order valence-electron chi connectivity index (χ3n) is 3.20. The van der Waals surface area contributed by atoms with E-state index in [1.165, 1.54) is 28.6 Å². The van der Waals surface area contributed by atoms with Crippen molar-refractivity contribution in [2.75, 3.05) is 25.9 Å². The number of nitrogens with zero attached hydrogens (tertiary/aromatic N) is 1. The zero-order valence-electron chi connectivity index (χ0n) is 13.5. The smallest absolute Gasteiger partial charge is 0.213 e. The molecule has 1 rings (SSSR count). The predicted molar refractivity (Wildman–Crippen MR) is 92.5 cm³/mol. The summed E-state index contributed by atoms with van der Waals surface area (Å²) in [7, 11) is -7.05. The molecule has 1 aromatic rings. The summed E-state index contributed by atoms with van der Waals surface area (Å²) in [4.78, 5) is 0.0926. The third-order valence-corrected chi connectivity index (χ3v) is 6.23. The Balaban J connectivity index is 2.66. The highest BCUT2D eigenvalue weighted by molar-refractivity contribution is 7.89. The summed E-state index contributed by atoms with van der Waals surface area (Å²) in [6.07, 6.45) is 1.85. The molecule has 9 heteroatoms. The van der Waals surface area contributed by atoms with E-state index in [0.29, 0.717) is 17.5 Å². The van der Waals surface area contributed by atoms with E-state index in [9.17, 15) is 16.8 Å². The van der Waals surface area contributed by atoms with E-state index in [0.717, 1.165) is 12.7 Å². The highest BCUT2D eigenvalue weighted by Gasteiger charge is 2.19. The SMILES string of the molecule is CC(C)CCN(CCNS(=O)(=O)c1ccc(Cl)cc1)S(C)(=O)=O. The van der Waals surface area contributed by atoms with Gasteiger partial charge >= 0.3 is 0 Å². The predicted octanol–water partition coefficient (Wildman–Crippen LogP) is 1.93. The first-order chi connectivity index (χ1) is 10.5. The van der Waals surface area contributed by atoms with Crippen molar-refractivity contribution < 1.29 is 16.8 Å². The minimum absolute atomic E-state index is 0.0100. The van der Waals surface area contributed by atoms with E-state index < -0.39 is 20.0 Å². The molecule has 1 N–H and O–H groups in total. The van der Waals surface area contributed by atoms with Gasteiger partial charge in [0.25, 0.3) is 0 Å². The second kappa shape index (κ2) is 8.43. The Labute approximate surface area is 143 Å². The Morgan fingerprint density at radius 2 is 1.65 bits per heavy atom. The number of halogens is 1. The van der Waals surface area contributed by atoms with Crippen LogP contribution >= 0.6 is 11.6 Å². The van der Waals surface area contributed by atoms with Crippen molar-refractivity contribution in [1.82, 2.24) is 9.03 Å². The van der Waals surface area contributed by atoms with E-state index in [4.69, 9.17) is 11.6 Å². The maximum absolute atomic E-state index is 12.1. The lowest BCUT2D eigenvalue weighted by Crippen LogP contribution is -2.38. The molecular formula is C14H23ClN2O4S2. The van der Waals surface area contributed by atoms with Crippen molar-refractivity contribution in [3.05, 3.63) is 29.3 Å². The molecule has 23 heavy (non-hydrogen) atoms. The van der Waals surface area contributed by atoms with Gasteiger partial charge in [-0.15, -0.1) is 0 Å². The van der Waals surface area contributed by atoms with Crippen molar-refractivity contribution in [2.45, 2.75) is 25.2 Å². The molecule has 0 bridgehead atoms. The fraction of sp³-hybridized carbons (Fsp3) is 0.571. The zero-order chi connectivity index (χ0) is 17.7. The van der Waals surface area contributed by atoms with Crippen LogP contribution in [0.25, 0.3) is 0 Å². The molecule has 0 spiro atoms. The first kappa shape index (κ1) is 20.4. The summed E-state index contributed by atoms with van der Waals surface area (Å²) in [5, 5.41) is 0.445. The zero-order valence-corrected chi connectivity index (χ0v) is 15.9. The summed E-state index contributed by atoms with van der Waals surface area (Å²) < 4.78 is 51.4. The minimum atomic E-state index is -3.68. The number of benzene rings is 1. The summed E-state index contributed by atoms with van der Waals surface area (Å²) in [6.45, 7) is 4.49. The highest BCUT2D eigenvalue weighted by Crippen LogP contribution is 2.13. The first-order valence-electron chi connectivity index (χ1n) is 7.23. The molecule has 0 heterocycles. The molecule has 0 aliphatic carbocycles. The van der Waals surface area contributed by atoms with Gasteiger partial charge in [0.15, 0.2) is 0 Å². The lowest BCUT2D eigenvalue weighted by molar-refractivity contribution is 0.385. The number of sulfonamides is 2. The van der Waals surface area contributed by atoms with Gasteiger partial charge in [-0.25, -0.2) is 25.9 Å². The monoisotopic (exact) mass is 382 g/mol. The van der Waals surface area contributed by atoms with E-state index in [2.05, 4.69) is 4.72 Å². The quantitative estimate of drug-likeness (QED) is 0.707. The second-order valence-corrected chi connectivity index (χ2v) is 9.88. The van der Waals surface area contributed by atoms with Crippen molar-refractivity contribution in [2.24, 2.45) is 5.92 Å². The van der Waals surface area contributed by atoms with Crippen molar-refractivity contribution >= 4 is 31.6 Å². The molecule has 0 saturated carbocycles. The van der Waals surface area contributed by atoms with Gasteiger partial charge in [-0.05, 0) is 36.6 Å². The summed E-state index contributed by atoms with van der Waals surface area (Å²) in [5.41, 5.74) is 0. The van der Waals surface area contributed by atoms with Crippen LogP contribution in [0.5, 0.6) is 0 Å². The van der Waals surface area contributed by atoms with Crippen LogP contribution < -0.4 is 4.72 Å². The Bertz CT molecular complexity index is 701. The normalized spacial score (nSPS) is 13.0. The molecule has 6 nitrogen and oxygen atoms in total. The topological polar surface area (TPSA) is 83.6 Å². The number of nitrogens with one attached hydrogen (secondary N) is 1. The molecule has 0 aliphatic rings. The van der Waals surface area contributed by atoms with Crippen LogP contribution in [0.2, 0.25) is 5.02 Å². The van der Waals surface area contributed by atoms with E-state index in [1.54, 1.807) is 0 Å². The average molecular weight is 383 g/mol. The number of hydrogen-bond donors (Lipinski definition) is 1. The lowest BCUT2D eigenvalue weighted by atomic mass is 10.1. The van der Waals surface area contributed by atoms with Crippen LogP contribution in [0.3, 0.4) is 0 Å². The largest absolute Gasteiger partial charge is 0.240 e. The molecular weight excluding hydrogens is 360 g/mol. The molecule has 0 unspecified atom stereocenters. The fourth-order valence-corrected chi connectivity index (χ4v) is 3.85. The molecule has 0 amide bonds. The Hall–Kier alpha value is -0.670. The van der Waals surface area contributed by atoms with Gasteiger partial charge in [0.1, 0.15) is 0 Å². The van der Waals surface area contributed by atoms with E-state index in [1.807, 2.05) is 13.8 Å². The molecule has 1 aromatic carbocycles. The molecule has 0 fully saturated rings. The second-order valence-electron chi connectivity index (χ2n) is 5.70. The van der Waals surface area contributed by atoms with Crippen LogP contribution in [-0.2, 0) is 20.0 Å². The van der Waals surface area contributed by atoms with Crippen molar-refractivity contribution in [1.29, 1.82) is 0 Å². The standard InChI is InChI=1S/C14H23ClN2O4S2/c1-12(2)8-10-17(22(3,18)19)11-9-16-23(20,21)14-6-4-13(15)5-7-14/h4-7,12,16H,8-11H2,1-3H3. The summed E-state index contributed by atoms with van der Waals surface area (Å²) >= 11 is 5.73. The van der Waals surface area contributed by atoms with Crippen LogP contribution in [0, 0.1) is 5.92 Å². The Morgan fingerprint density at radius 3 is 2.13 bits per heavy atom. The summed E-state index contributed by atoms with van der Waals surface area (Å²) in [5.74, 6) is 0.366. The average Bonchev–Trinajstić information content (AvgIpc) is 2.41. The summed E-state index contributed by atoms with van der Waals surface area (Å²) in [6, 6.07) is 5.78. The van der Waals surface area contributed by atoms with Crippen LogP contribution in [0.4, 0.5) is 0 Å². The van der Waals surface area contributed by atoms with Gasteiger partial charge < -0.3 is 0 Å². The maximum Gasteiger partial charge on any atom is 0.240 e. The first-order valence-corrected chi connectivity index (χ1v) is 10.9. The Kier molecular flexibility index (Phi) is 7.47. The number of hydrogen-bond acceptors (Lipinski definition) is 4. The van der Waals surface area contributed by atoms with Crippen LogP contribution in [0.15, 0.2) is 29.2 Å². The maximum atomic E-state index is 12.1. The molecule has 0 saturated heterocycles. The van der Waals surface area contributed by atoms with E-state index >= 15 is 0 Å². The molecule has 0 radical (unpaired) electrons.